The van der Waals surface area contributed by atoms with Gasteiger partial charge in [-0.1, -0.05) is 0 Å². The summed E-state index contributed by atoms with van der Waals surface area (Å²) in [5.41, 5.74) is 0.331. The Balaban J connectivity index is 2.28. The minimum absolute atomic E-state index is 0.246. The fourth-order valence-electron chi connectivity index (χ4n) is 2.50. The molecule has 2 heterocycles. The molecule has 0 bridgehead atoms. The molecule has 0 aliphatic carbocycles. The molecule has 0 amide bonds. The Labute approximate surface area is 98.8 Å². The molecule has 2 N–H and O–H groups in total. The predicted molar refractivity (Wildman–Crippen MR) is 55.3 cm³/mol. The molecule has 0 saturated carbocycles. The number of rotatable bonds is 1. The summed E-state index contributed by atoms with van der Waals surface area (Å²) in [6, 6.07) is 0. The zero-order valence-corrected chi connectivity index (χ0v) is 9.70. The van der Waals surface area contributed by atoms with E-state index < -0.39 is 24.7 Å². The molecule has 2 aliphatic rings. The van der Waals surface area contributed by atoms with Crippen LogP contribution in [0.4, 0.5) is 0 Å². The normalized spacial score (nSPS) is 40.9. The summed E-state index contributed by atoms with van der Waals surface area (Å²) in [6.07, 6.45) is -0.911. The Bertz CT molecular complexity index is 339. The molecule has 1 fully saturated rings. The summed E-state index contributed by atoms with van der Waals surface area (Å²) in [6.45, 7) is 1.73. The first-order valence-electron chi connectivity index (χ1n) is 5.50. The Kier molecular flexibility index (Phi) is 3.37. The topological polar surface area (TPSA) is 85.2 Å². The third-order valence-corrected chi connectivity index (χ3v) is 3.32. The summed E-state index contributed by atoms with van der Waals surface area (Å²) in [5.74, 6) is -1.20. The molecule has 2 aliphatic heterocycles. The van der Waals surface area contributed by atoms with Crippen molar-refractivity contribution in [1.29, 1.82) is 0 Å². The van der Waals surface area contributed by atoms with Crippen molar-refractivity contribution in [2.24, 2.45) is 11.8 Å². The Hall–Kier alpha value is -1.11. The van der Waals surface area contributed by atoms with Crippen molar-refractivity contribution in [3.8, 4) is 0 Å². The quantitative estimate of drug-likeness (QED) is 0.619. The van der Waals surface area contributed by atoms with Crippen LogP contribution in [0.2, 0.25) is 0 Å². The zero-order valence-electron chi connectivity index (χ0n) is 9.70. The second-order valence-electron chi connectivity index (χ2n) is 4.31. The average molecular weight is 244 g/mol. The minimum atomic E-state index is -1.03. The maximum Gasteiger partial charge on any atom is 0.337 e. The van der Waals surface area contributed by atoms with E-state index in [0.717, 1.165) is 0 Å². The molecule has 2 rings (SSSR count). The minimum Gasteiger partial charge on any atom is -0.472 e. The molecule has 6 nitrogen and oxygen atoms in total. The standard InChI is InChI=1S/C11H16O6/c1-5-9-6(3-8(12)17-5)7(10(13)15-2)4-16-11(9)14/h4-6,8-9,11-12,14H,3H2,1-2H3. The lowest BCUT2D eigenvalue weighted by Crippen LogP contribution is -2.49. The molecular weight excluding hydrogens is 228 g/mol. The Morgan fingerprint density at radius 1 is 1.53 bits per heavy atom. The predicted octanol–water partition coefficient (Wildman–Crippen LogP) is -0.249. The first-order valence-corrected chi connectivity index (χ1v) is 5.50. The largest absolute Gasteiger partial charge is 0.472 e. The number of esters is 1. The van der Waals surface area contributed by atoms with Gasteiger partial charge in [-0.2, -0.15) is 0 Å². The van der Waals surface area contributed by atoms with E-state index in [-0.39, 0.29) is 18.3 Å². The van der Waals surface area contributed by atoms with E-state index in [1.165, 1.54) is 13.4 Å². The van der Waals surface area contributed by atoms with Gasteiger partial charge in [0.15, 0.2) is 6.29 Å². The second-order valence-corrected chi connectivity index (χ2v) is 4.31. The van der Waals surface area contributed by atoms with Gasteiger partial charge >= 0.3 is 5.97 Å². The molecular formula is C11H16O6. The highest BCUT2D eigenvalue weighted by Gasteiger charge is 2.46. The van der Waals surface area contributed by atoms with Gasteiger partial charge in [-0.05, 0) is 6.92 Å². The lowest BCUT2D eigenvalue weighted by atomic mass is 9.77. The van der Waals surface area contributed by atoms with Gasteiger partial charge in [0.25, 0.3) is 0 Å². The lowest BCUT2D eigenvalue weighted by Gasteiger charge is -2.43. The lowest BCUT2D eigenvalue weighted by molar-refractivity contribution is -0.241. The number of fused-ring (bicyclic) bond motifs is 1. The van der Waals surface area contributed by atoms with Gasteiger partial charge in [0.1, 0.15) is 0 Å². The van der Waals surface area contributed by atoms with E-state index in [2.05, 4.69) is 4.74 Å². The number of aliphatic hydroxyl groups is 2. The second kappa shape index (κ2) is 4.64. The first-order chi connectivity index (χ1) is 8.04. The molecule has 0 radical (unpaired) electrons. The molecule has 5 unspecified atom stereocenters. The molecule has 1 saturated heterocycles. The van der Waals surface area contributed by atoms with Crippen LogP contribution in [-0.4, -0.2) is 42.0 Å². The van der Waals surface area contributed by atoms with Crippen molar-refractivity contribution in [3.63, 3.8) is 0 Å². The van der Waals surface area contributed by atoms with Gasteiger partial charge in [-0.25, -0.2) is 4.79 Å². The molecule has 0 aromatic heterocycles. The zero-order chi connectivity index (χ0) is 12.6. The summed E-state index contributed by atoms with van der Waals surface area (Å²) in [7, 11) is 1.28. The van der Waals surface area contributed by atoms with Gasteiger partial charge in [0.05, 0.1) is 31.0 Å². The maximum atomic E-state index is 11.6. The van der Waals surface area contributed by atoms with Gasteiger partial charge in [0.2, 0.25) is 6.29 Å². The third kappa shape index (κ3) is 2.15. The van der Waals surface area contributed by atoms with Crippen molar-refractivity contribution < 1.29 is 29.2 Å². The molecule has 0 spiro atoms. The van der Waals surface area contributed by atoms with E-state index in [0.29, 0.717) is 5.57 Å². The number of methoxy groups -OCH3 is 1. The summed E-state index contributed by atoms with van der Waals surface area (Å²) < 4.78 is 14.9. The summed E-state index contributed by atoms with van der Waals surface area (Å²) in [4.78, 5) is 11.6. The summed E-state index contributed by atoms with van der Waals surface area (Å²) >= 11 is 0. The van der Waals surface area contributed by atoms with Gasteiger partial charge in [0, 0.05) is 12.3 Å². The summed E-state index contributed by atoms with van der Waals surface area (Å²) in [5, 5.41) is 19.3. The molecule has 17 heavy (non-hydrogen) atoms. The van der Waals surface area contributed by atoms with Gasteiger partial charge < -0.3 is 24.4 Å². The molecule has 0 aromatic carbocycles. The average Bonchev–Trinajstić information content (AvgIpc) is 2.27. The van der Waals surface area contributed by atoms with Crippen LogP contribution in [0.3, 0.4) is 0 Å². The van der Waals surface area contributed by atoms with Crippen LogP contribution >= 0.6 is 0 Å². The smallest absolute Gasteiger partial charge is 0.337 e. The van der Waals surface area contributed by atoms with Crippen LogP contribution in [0.1, 0.15) is 13.3 Å². The fraction of sp³-hybridized carbons (Fsp3) is 0.727. The van der Waals surface area contributed by atoms with E-state index in [4.69, 9.17) is 9.47 Å². The third-order valence-electron chi connectivity index (χ3n) is 3.32. The van der Waals surface area contributed by atoms with Crippen molar-refractivity contribution in [1.82, 2.24) is 0 Å². The number of hydrogen-bond donors (Lipinski definition) is 2. The Morgan fingerprint density at radius 2 is 2.24 bits per heavy atom. The van der Waals surface area contributed by atoms with E-state index >= 15 is 0 Å². The number of carbonyl (C=O) groups is 1. The molecule has 96 valence electrons. The molecule has 6 heteroatoms. The fourth-order valence-corrected chi connectivity index (χ4v) is 2.50. The van der Waals surface area contributed by atoms with Crippen LogP contribution in [0.5, 0.6) is 0 Å². The van der Waals surface area contributed by atoms with Crippen molar-refractivity contribution >= 4 is 5.97 Å². The van der Waals surface area contributed by atoms with Crippen LogP contribution < -0.4 is 0 Å². The maximum absolute atomic E-state index is 11.6. The van der Waals surface area contributed by atoms with E-state index in [9.17, 15) is 15.0 Å². The van der Waals surface area contributed by atoms with Crippen LogP contribution in [0.15, 0.2) is 11.8 Å². The van der Waals surface area contributed by atoms with E-state index in [1.807, 2.05) is 0 Å². The van der Waals surface area contributed by atoms with E-state index in [1.54, 1.807) is 6.92 Å². The highest BCUT2D eigenvalue weighted by molar-refractivity contribution is 5.88. The highest BCUT2D eigenvalue weighted by atomic mass is 16.6. The number of ether oxygens (including phenoxy) is 3. The SMILES string of the molecule is COC(=O)C1=COC(O)C2C(C)OC(O)CC12. The van der Waals surface area contributed by atoms with Crippen molar-refractivity contribution in [3.05, 3.63) is 11.8 Å². The van der Waals surface area contributed by atoms with Gasteiger partial charge in [-0.3, -0.25) is 0 Å². The van der Waals surface area contributed by atoms with Crippen LogP contribution in [-0.2, 0) is 19.0 Å². The van der Waals surface area contributed by atoms with Crippen LogP contribution in [0, 0.1) is 11.8 Å². The number of aliphatic hydroxyl groups excluding tert-OH is 2. The van der Waals surface area contributed by atoms with Crippen LogP contribution in [0.25, 0.3) is 0 Å². The molecule has 5 atom stereocenters. The van der Waals surface area contributed by atoms with Crippen molar-refractivity contribution in [2.75, 3.05) is 7.11 Å². The number of carbonyl (C=O) groups excluding carboxylic acids is 1. The van der Waals surface area contributed by atoms with Gasteiger partial charge in [-0.15, -0.1) is 0 Å². The first kappa shape index (κ1) is 12.3. The Morgan fingerprint density at radius 3 is 2.88 bits per heavy atom. The van der Waals surface area contributed by atoms with Crippen molar-refractivity contribution in [2.45, 2.75) is 32.0 Å². The monoisotopic (exact) mass is 244 g/mol. The number of hydrogen-bond acceptors (Lipinski definition) is 6. The highest BCUT2D eigenvalue weighted by Crippen LogP contribution is 2.40. The molecule has 0 aromatic rings.